The molecule has 0 bridgehead atoms. The first-order valence-corrected chi connectivity index (χ1v) is 10.1. The summed E-state index contributed by atoms with van der Waals surface area (Å²) in [6, 6.07) is 12.0. The number of hydrogen-bond acceptors (Lipinski definition) is 2. The van der Waals surface area contributed by atoms with Gasteiger partial charge in [0.15, 0.2) is 0 Å². The van der Waals surface area contributed by atoms with E-state index in [1.165, 1.54) is 25.0 Å². The highest BCUT2D eigenvalue weighted by atomic mass is 19.1. The van der Waals surface area contributed by atoms with Crippen molar-refractivity contribution in [3.63, 3.8) is 0 Å². The van der Waals surface area contributed by atoms with Crippen LogP contribution >= 0.6 is 0 Å². The van der Waals surface area contributed by atoms with Crippen molar-refractivity contribution in [3.05, 3.63) is 53.8 Å². The molecule has 28 heavy (non-hydrogen) atoms. The van der Waals surface area contributed by atoms with Gasteiger partial charge in [0, 0.05) is 5.56 Å². The molecule has 0 aromatic heterocycles. The first-order valence-electron chi connectivity index (χ1n) is 10.1. The highest BCUT2D eigenvalue weighted by Crippen LogP contribution is 2.41. The van der Waals surface area contributed by atoms with Crippen LogP contribution in [0.15, 0.2) is 42.5 Å². The first-order chi connectivity index (χ1) is 13.4. The third kappa shape index (κ3) is 4.37. The average molecular weight is 384 g/mol. The van der Waals surface area contributed by atoms with Crippen molar-refractivity contribution in [2.45, 2.75) is 51.9 Å². The first kappa shape index (κ1) is 20.4. The van der Waals surface area contributed by atoms with E-state index in [4.69, 9.17) is 4.74 Å². The third-order valence-corrected chi connectivity index (χ3v) is 5.61. The number of aliphatic carboxylic acids is 1. The highest BCUT2D eigenvalue weighted by molar-refractivity contribution is 5.83. The van der Waals surface area contributed by atoms with E-state index in [0.717, 1.165) is 11.1 Å². The highest BCUT2D eigenvalue weighted by Gasteiger charge is 2.39. The largest absolute Gasteiger partial charge is 0.493 e. The molecule has 1 saturated carbocycles. The lowest BCUT2D eigenvalue weighted by Gasteiger charge is -2.31. The standard InChI is InChI=1S/C24H29FO3/c1-4-24(23(26)27,14-16(2)3)19-10-11-22(28-15-17-8-9-17)21(13-19)18-6-5-7-20(25)12-18/h5-7,10-13,16-17H,4,8-9,14-15H2,1-3H3,(H,26,27). The maximum absolute atomic E-state index is 13.9. The van der Waals surface area contributed by atoms with Crippen molar-refractivity contribution in [3.8, 4) is 16.9 Å². The molecule has 2 aromatic carbocycles. The molecule has 2 aromatic rings. The van der Waals surface area contributed by atoms with Crippen molar-refractivity contribution in [2.75, 3.05) is 6.61 Å². The summed E-state index contributed by atoms with van der Waals surface area (Å²) in [7, 11) is 0. The van der Waals surface area contributed by atoms with Crippen LogP contribution in [0.1, 0.15) is 52.0 Å². The molecule has 150 valence electrons. The lowest BCUT2D eigenvalue weighted by Crippen LogP contribution is -2.36. The lowest BCUT2D eigenvalue weighted by molar-refractivity contribution is -0.144. The molecule has 0 heterocycles. The normalized spacial score (nSPS) is 16.0. The summed E-state index contributed by atoms with van der Waals surface area (Å²) in [6.07, 6.45) is 3.40. The maximum Gasteiger partial charge on any atom is 0.314 e. The number of halogens is 1. The van der Waals surface area contributed by atoms with Gasteiger partial charge in [-0.2, -0.15) is 0 Å². The molecule has 0 amide bonds. The average Bonchev–Trinajstić information content (AvgIpc) is 3.48. The van der Waals surface area contributed by atoms with Crippen molar-refractivity contribution < 1.29 is 19.0 Å². The maximum atomic E-state index is 13.9. The Morgan fingerprint density at radius 3 is 2.57 bits per heavy atom. The summed E-state index contributed by atoms with van der Waals surface area (Å²) >= 11 is 0. The van der Waals surface area contributed by atoms with Crippen molar-refractivity contribution >= 4 is 5.97 Å². The number of benzene rings is 2. The van der Waals surface area contributed by atoms with Gasteiger partial charge in [0.1, 0.15) is 11.6 Å². The van der Waals surface area contributed by atoms with E-state index in [9.17, 15) is 14.3 Å². The van der Waals surface area contributed by atoms with E-state index in [0.29, 0.717) is 36.7 Å². The van der Waals surface area contributed by atoms with Gasteiger partial charge in [-0.3, -0.25) is 4.79 Å². The minimum absolute atomic E-state index is 0.236. The minimum atomic E-state index is -0.967. The van der Waals surface area contributed by atoms with E-state index in [-0.39, 0.29) is 11.7 Å². The van der Waals surface area contributed by atoms with E-state index < -0.39 is 11.4 Å². The molecule has 1 atom stereocenters. The fourth-order valence-corrected chi connectivity index (χ4v) is 3.85. The van der Waals surface area contributed by atoms with E-state index in [1.807, 2.05) is 45.0 Å². The van der Waals surface area contributed by atoms with Crippen molar-refractivity contribution in [2.24, 2.45) is 11.8 Å². The van der Waals surface area contributed by atoms with E-state index in [1.54, 1.807) is 6.07 Å². The van der Waals surface area contributed by atoms with Gasteiger partial charge >= 0.3 is 5.97 Å². The Balaban J connectivity index is 2.09. The lowest BCUT2D eigenvalue weighted by atomic mass is 9.72. The molecule has 1 aliphatic carbocycles. The molecule has 0 radical (unpaired) electrons. The fourth-order valence-electron chi connectivity index (χ4n) is 3.85. The number of carboxylic acid groups (broad SMARTS) is 1. The number of carbonyl (C=O) groups is 1. The van der Waals surface area contributed by atoms with Crippen molar-refractivity contribution in [1.82, 2.24) is 0 Å². The molecule has 1 unspecified atom stereocenters. The third-order valence-electron chi connectivity index (χ3n) is 5.61. The summed E-state index contributed by atoms with van der Waals surface area (Å²) in [5, 5.41) is 10.1. The topological polar surface area (TPSA) is 46.5 Å². The number of rotatable bonds is 9. The summed E-state index contributed by atoms with van der Waals surface area (Å²) in [5.74, 6) is 0.370. The van der Waals surface area contributed by atoms with Gasteiger partial charge < -0.3 is 9.84 Å². The van der Waals surface area contributed by atoms with Crippen LogP contribution in [0.4, 0.5) is 4.39 Å². The predicted molar refractivity (Wildman–Crippen MR) is 109 cm³/mol. The second kappa shape index (κ2) is 8.34. The molecule has 4 heteroatoms. The number of hydrogen-bond donors (Lipinski definition) is 1. The molecular formula is C24H29FO3. The molecule has 1 N–H and O–H groups in total. The summed E-state index contributed by atoms with van der Waals surface area (Å²) in [5.41, 5.74) is 1.23. The Labute approximate surface area is 166 Å². The van der Waals surface area contributed by atoms with E-state index in [2.05, 4.69) is 0 Å². The smallest absolute Gasteiger partial charge is 0.314 e. The van der Waals surface area contributed by atoms with Gasteiger partial charge in [0.25, 0.3) is 0 Å². The Bertz CT molecular complexity index is 841. The van der Waals surface area contributed by atoms with Crippen LogP contribution < -0.4 is 4.74 Å². The molecular weight excluding hydrogens is 355 g/mol. The van der Waals surface area contributed by atoms with Gasteiger partial charge in [0.2, 0.25) is 0 Å². The second-order valence-corrected chi connectivity index (χ2v) is 8.31. The molecule has 3 rings (SSSR count). The number of carboxylic acids is 1. The van der Waals surface area contributed by atoms with E-state index >= 15 is 0 Å². The van der Waals surface area contributed by atoms with Gasteiger partial charge in [0.05, 0.1) is 12.0 Å². The minimum Gasteiger partial charge on any atom is -0.493 e. The Kier molecular flexibility index (Phi) is 6.07. The predicted octanol–water partition coefficient (Wildman–Crippen LogP) is 6.06. The number of ether oxygens (including phenoxy) is 1. The molecule has 0 spiro atoms. The molecule has 1 fully saturated rings. The summed E-state index contributed by atoms with van der Waals surface area (Å²) < 4.78 is 19.9. The van der Waals surface area contributed by atoms with Gasteiger partial charge in [-0.1, -0.05) is 39.0 Å². The molecule has 0 saturated heterocycles. The van der Waals surface area contributed by atoms with Crippen molar-refractivity contribution in [1.29, 1.82) is 0 Å². The summed E-state index contributed by atoms with van der Waals surface area (Å²) in [6.45, 7) is 6.63. The quantitative estimate of drug-likeness (QED) is 0.571. The van der Waals surface area contributed by atoms with Crippen LogP contribution in [0.25, 0.3) is 11.1 Å². The van der Waals surface area contributed by atoms with Crippen LogP contribution in [-0.2, 0) is 10.2 Å². The van der Waals surface area contributed by atoms with Crippen LogP contribution in [0, 0.1) is 17.7 Å². The van der Waals surface area contributed by atoms with Gasteiger partial charge in [-0.15, -0.1) is 0 Å². The zero-order chi connectivity index (χ0) is 20.3. The molecule has 0 aliphatic heterocycles. The van der Waals surface area contributed by atoms with Gasteiger partial charge in [-0.05, 0) is 72.9 Å². The summed E-state index contributed by atoms with van der Waals surface area (Å²) in [4.78, 5) is 12.3. The van der Waals surface area contributed by atoms with Crippen LogP contribution in [0.2, 0.25) is 0 Å². The zero-order valence-corrected chi connectivity index (χ0v) is 16.9. The van der Waals surface area contributed by atoms with Crippen LogP contribution in [-0.4, -0.2) is 17.7 Å². The van der Waals surface area contributed by atoms with Gasteiger partial charge in [-0.25, -0.2) is 4.39 Å². The Morgan fingerprint density at radius 1 is 1.25 bits per heavy atom. The second-order valence-electron chi connectivity index (χ2n) is 8.31. The Hall–Kier alpha value is -2.36. The monoisotopic (exact) mass is 384 g/mol. The zero-order valence-electron chi connectivity index (χ0n) is 16.9. The van der Waals surface area contributed by atoms with Crippen LogP contribution in [0.5, 0.6) is 5.75 Å². The van der Waals surface area contributed by atoms with Crippen LogP contribution in [0.3, 0.4) is 0 Å². The molecule has 1 aliphatic rings. The Morgan fingerprint density at radius 2 is 2.00 bits per heavy atom. The molecule has 3 nitrogen and oxygen atoms in total. The SMILES string of the molecule is CCC(CC(C)C)(C(=O)O)c1ccc(OCC2CC2)c(-c2cccc(F)c2)c1. The fraction of sp³-hybridized carbons (Fsp3) is 0.458.